The first-order valence-corrected chi connectivity index (χ1v) is 6.05. The Labute approximate surface area is 113 Å². The van der Waals surface area contributed by atoms with Crippen molar-refractivity contribution in [2.24, 2.45) is 0 Å². The zero-order valence-electron chi connectivity index (χ0n) is 8.87. The van der Waals surface area contributed by atoms with Crippen molar-refractivity contribution in [1.29, 1.82) is 5.26 Å². The Morgan fingerprint density at radius 1 is 1.62 bits per heavy atom. The van der Waals surface area contributed by atoms with Gasteiger partial charge in [0, 0.05) is 15.6 Å². The maximum absolute atomic E-state index is 12.0. The van der Waals surface area contributed by atoms with Crippen molar-refractivity contribution in [2.45, 2.75) is 13.0 Å². The summed E-state index contributed by atoms with van der Waals surface area (Å²) in [7, 11) is 1.60. The van der Waals surface area contributed by atoms with Crippen molar-refractivity contribution in [3.8, 4) is 6.07 Å². The van der Waals surface area contributed by atoms with Crippen molar-refractivity contribution in [1.82, 2.24) is 4.90 Å². The molecule has 0 saturated carbocycles. The van der Waals surface area contributed by atoms with E-state index in [2.05, 4.69) is 22.6 Å². The van der Waals surface area contributed by atoms with Crippen LogP contribution in [0.5, 0.6) is 0 Å². The van der Waals surface area contributed by atoms with Gasteiger partial charge in [0.1, 0.15) is 6.04 Å². The van der Waals surface area contributed by atoms with Gasteiger partial charge in [0.25, 0.3) is 5.91 Å². The van der Waals surface area contributed by atoms with Crippen LogP contribution >= 0.6 is 34.2 Å². The Morgan fingerprint density at radius 2 is 2.25 bits per heavy atom. The van der Waals surface area contributed by atoms with E-state index in [1.54, 1.807) is 32.2 Å². The monoisotopic (exact) mass is 348 g/mol. The minimum atomic E-state index is -0.456. The van der Waals surface area contributed by atoms with Crippen molar-refractivity contribution in [3.63, 3.8) is 0 Å². The molecule has 16 heavy (non-hydrogen) atoms. The first-order chi connectivity index (χ1) is 7.47. The third-order valence-electron chi connectivity index (χ3n) is 2.25. The standard InChI is InChI=1S/C11H10ClIN2O/c1-7(6-14)15(2)11(16)9-5-8(12)3-4-10(9)13/h3-5,7H,1-2H3. The van der Waals surface area contributed by atoms with Gasteiger partial charge in [-0.1, -0.05) is 11.6 Å². The molecule has 1 unspecified atom stereocenters. The van der Waals surface area contributed by atoms with E-state index in [-0.39, 0.29) is 5.91 Å². The molecule has 1 rings (SSSR count). The molecule has 1 aromatic rings. The van der Waals surface area contributed by atoms with Gasteiger partial charge in [0.05, 0.1) is 11.6 Å². The minimum absolute atomic E-state index is 0.194. The zero-order chi connectivity index (χ0) is 12.3. The molecule has 0 radical (unpaired) electrons. The lowest BCUT2D eigenvalue weighted by atomic mass is 10.2. The molecule has 3 nitrogen and oxygen atoms in total. The zero-order valence-corrected chi connectivity index (χ0v) is 11.8. The van der Waals surface area contributed by atoms with E-state index in [4.69, 9.17) is 16.9 Å². The number of carbonyl (C=O) groups excluding carboxylic acids is 1. The van der Waals surface area contributed by atoms with E-state index in [0.29, 0.717) is 10.6 Å². The van der Waals surface area contributed by atoms with Crippen LogP contribution in [0.1, 0.15) is 17.3 Å². The average molecular weight is 349 g/mol. The van der Waals surface area contributed by atoms with Gasteiger partial charge in [-0.2, -0.15) is 5.26 Å². The highest BCUT2D eigenvalue weighted by molar-refractivity contribution is 14.1. The van der Waals surface area contributed by atoms with Crippen LogP contribution < -0.4 is 0 Å². The predicted molar refractivity (Wildman–Crippen MR) is 71.3 cm³/mol. The highest BCUT2D eigenvalue weighted by Crippen LogP contribution is 2.19. The van der Waals surface area contributed by atoms with Gasteiger partial charge in [-0.05, 0) is 47.7 Å². The predicted octanol–water partition coefficient (Wildman–Crippen LogP) is 2.93. The fraction of sp³-hybridized carbons (Fsp3) is 0.273. The number of rotatable bonds is 2. The molecular weight excluding hydrogens is 338 g/mol. The molecule has 0 aliphatic rings. The number of nitrogens with zero attached hydrogens (tertiary/aromatic N) is 2. The Morgan fingerprint density at radius 3 is 2.81 bits per heavy atom. The second kappa shape index (κ2) is 5.51. The van der Waals surface area contributed by atoms with Gasteiger partial charge in [-0.25, -0.2) is 0 Å². The molecule has 0 saturated heterocycles. The lowest BCUT2D eigenvalue weighted by molar-refractivity contribution is 0.0772. The number of benzene rings is 1. The molecule has 0 heterocycles. The van der Waals surface area contributed by atoms with Gasteiger partial charge >= 0.3 is 0 Å². The fourth-order valence-electron chi connectivity index (χ4n) is 1.11. The normalized spacial score (nSPS) is 11.7. The highest BCUT2D eigenvalue weighted by Gasteiger charge is 2.19. The summed E-state index contributed by atoms with van der Waals surface area (Å²) in [5, 5.41) is 9.27. The van der Waals surface area contributed by atoms with Crippen LogP contribution in [0.2, 0.25) is 5.02 Å². The molecule has 0 aliphatic carbocycles. The van der Waals surface area contributed by atoms with Crippen molar-refractivity contribution in [2.75, 3.05) is 7.05 Å². The molecule has 1 atom stereocenters. The van der Waals surface area contributed by atoms with Crippen LogP contribution in [0.15, 0.2) is 18.2 Å². The summed E-state index contributed by atoms with van der Waals surface area (Å²) in [4.78, 5) is 13.4. The maximum Gasteiger partial charge on any atom is 0.255 e. The molecule has 0 bridgehead atoms. The lowest BCUT2D eigenvalue weighted by Gasteiger charge is -2.20. The van der Waals surface area contributed by atoms with Crippen LogP contribution in [0.3, 0.4) is 0 Å². The van der Waals surface area contributed by atoms with E-state index in [0.717, 1.165) is 3.57 Å². The third kappa shape index (κ3) is 2.86. The van der Waals surface area contributed by atoms with Gasteiger partial charge in [0.2, 0.25) is 0 Å². The maximum atomic E-state index is 12.0. The lowest BCUT2D eigenvalue weighted by Crippen LogP contribution is -2.34. The van der Waals surface area contributed by atoms with E-state index >= 15 is 0 Å². The molecule has 0 N–H and O–H groups in total. The van der Waals surface area contributed by atoms with Crippen LogP contribution in [0.25, 0.3) is 0 Å². The van der Waals surface area contributed by atoms with E-state index in [1.807, 2.05) is 6.07 Å². The highest BCUT2D eigenvalue weighted by atomic mass is 127. The smallest absolute Gasteiger partial charge is 0.255 e. The second-order valence-corrected chi connectivity index (χ2v) is 4.94. The van der Waals surface area contributed by atoms with Crippen molar-refractivity contribution in [3.05, 3.63) is 32.4 Å². The minimum Gasteiger partial charge on any atom is -0.326 e. The first-order valence-electron chi connectivity index (χ1n) is 4.59. The second-order valence-electron chi connectivity index (χ2n) is 3.35. The largest absolute Gasteiger partial charge is 0.326 e. The van der Waals surface area contributed by atoms with E-state index < -0.39 is 6.04 Å². The first kappa shape index (κ1) is 13.3. The SMILES string of the molecule is CC(C#N)N(C)C(=O)c1cc(Cl)ccc1I. The summed E-state index contributed by atoms with van der Waals surface area (Å²) >= 11 is 7.91. The van der Waals surface area contributed by atoms with E-state index in [9.17, 15) is 4.79 Å². The summed E-state index contributed by atoms with van der Waals surface area (Å²) in [6.45, 7) is 1.68. The molecule has 1 aromatic carbocycles. The summed E-state index contributed by atoms with van der Waals surface area (Å²) in [5.74, 6) is -0.194. The Hall–Kier alpha value is -0.800. The molecule has 84 valence electrons. The summed E-state index contributed by atoms with van der Waals surface area (Å²) in [6, 6.07) is 6.69. The van der Waals surface area contributed by atoms with Crippen LogP contribution in [-0.2, 0) is 0 Å². The molecule has 0 spiro atoms. The average Bonchev–Trinajstić information content (AvgIpc) is 2.29. The van der Waals surface area contributed by atoms with Crippen LogP contribution in [0, 0.1) is 14.9 Å². The van der Waals surface area contributed by atoms with Crippen LogP contribution in [-0.4, -0.2) is 23.9 Å². The number of nitriles is 1. The summed E-state index contributed by atoms with van der Waals surface area (Å²) in [5.41, 5.74) is 0.526. The Bertz CT molecular complexity index is 456. The quantitative estimate of drug-likeness (QED) is 0.771. The van der Waals surface area contributed by atoms with Crippen molar-refractivity contribution >= 4 is 40.1 Å². The van der Waals surface area contributed by atoms with Crippen LogP contribution in [0.4, 0.5) is 0 Å². The number of halogens is 2. The third-order valence-corrected chi connectivity index (χ3v) is 3.42. The topological polar surface area (TPSA) is 44.1 Å². The fourth-order valence-corrected chi connectivity index (χ4v) is 1.85. The number of amides is 1. The number of hydrogen-bond acceptors (Lipinski definition) is 2. The van der Waals surface area contributed by atoms with Gasteiger partial charge in [-0.15, -0.1) is 0 Å². The van der Waals surface area contributed by atoms with Gasteiger partial charge < -0.3 is 4.90 Å². The molecule has 0 fully saturated rings. The molecular formula is C11H10ClIN2O. The Balaban J connectivity index is 3.06. The number of carbonyl (C=O) groups is 1. The van der Waals surface area contributed by atoms with Crippen molar-refractivity contribution < 1.29 is 4.79 Å². The summed E-state index contributed by atoms with van der Waals surface area (Å²) < 4.78 is 0.823. The van der Waals surface area contributed by atoms with Gasteiger partial charge in [-0.3, -0.25) is 4.79 Å². The number of hydrogen-bond donors (Lipinski definition) is 0. The Kier molecular flexibility index (Phi) is 4.56. The van der Waals surface area contributed by atoms with Gasteiger partial charge in [0.15, 0.2) is 0 Å². The molecule has 1 amide bonds. The van der Waals surface area contributed by atoms with E-state index in [1.165, 1.54) is 4.90 Å². The summed E-state index contributed by atoms with van der Waals surface area (Å²) in [6.07, 6.45) is 0. The molecule has 5 heteroatoms. The molecule has 0 aliphatic heterocycles. The molecule has 0 aromatic heterocycles.